The number of sulfonamides is 1. The third-order valence-electron chi connectivity index (χ3n) is 10.0. The van der Waals surface area contributed by atoms with Gasteiger partial charge >= 0.3 is 0 Å². The van der Waals surface area contributed by atoms with Crippen LogP contribution in [-0.2, 0) is 16.6 Å². The Bertz CT molecular complexity index is 2820. The van der Waals surface area contributed by atoms with Gasteiger partial charge in [0.25, 0.3) is 11.8 Å². The second-order valence-electron chi connectivity index (χ2n) is 13.4. The van der Waals surface area contributed by atoms with Crippen LogP contribution in [0.5, 0.6) is 0 Å². The van der Waals surface area contributed by atoms with E-state index < -0.39 is 27.7 Å². The minimum Gasteiger partial charge on any atom is -0.455 e. The standard InChI is InChI=1S/C39H32F3N7O4S/c1-44-38(50)35-27-17-26(31(47(2)54(3,51)52)19-33(27)53-37(35)22-7-9-24(40)10-8-22)28-11-12-29-36(46-28)32-18-25-23(20-43)5-4-6-30(25)49(32)34(45-29)21-48-15-13-39(41,42)14-16-48/h4-12,17-19H,13-16,21H2,1-3H3,(H,44,50). The van der Waals surface area contributed by atoms with Crippen LogP contribution in [0.1, 0.15) is 34.6 Å². The fraction of sp³-hybridized carbons (Fsp3) is 0.231. The molecule has 0 aliphatic carbocycles. The molecule has 1 fully saturated rings. The molecule has 1 N–H and O–H groups in total. The highest BCUT2D eigenvalue weighted by Crippen LogP contribution is 2.42. The molecule has 0 bridgehead atoms. The Labute approximate surface area is 307 Å². The van der Waals surface area contributed by atoms with Crippen molar-refractivity contribution in [3.8, 4) is 28.7 Å². The van der Waals surface area contributed by atoms with Crippen molar-refractivity contribution in [2.45, 2.75) is 25.3 Å². The van der Waals surface area contributed by atoms with Crippen molar-refractivity contribution in [3.63, 3.8) is 0 Å². The van der Waals surface area contributed by atoms with E-state index in [1.807, 2.05) is 21.4 Å². The van der Waals surface area contributed by atoms with Crippen LogP contribution in [0.25, 0.3) is 61.0 Å². The smallest absolute Gasteiger partial charge is 0.255 e. The van der Waals surface area contributed by atoms with E-state index in [0.29, 0.717) is 61.0 Å². The van der Waals surface area contributed by atoms with Crippen molar-refractivity contribution in [1.82, 2.24) is 24.6 Å². The van der Waals surface area contributed by atoms with E-state index in [1.165, 1.54) is 44.4 Å². The molecule has 3 aromatic carbocycles. The van der Waals surface area contributed by atoms with Crippen LogP contribution in [0.15, 0.2) is 77.2 Å². The second-order valence-corrected chi connectivity index (χ2v) is 15.4. The number of furan rings is 1. The number of carbonyl (C=O) groups excluding carboxylic acids is 1. The van der Waals surface area contributed by atoms with Gasteiger partial charge in [-0.15, -0.1) is 0 Å². The maximum Gasteiger partial charge on any atom is 0.255 e. The van der Waals surface area contributed by atoms with Crippen LogP contribution in [0.2, 0.25) is 0 Å². The molecule has 0 unspecified atom stereocenters. The number of nitrogens with zero attached hydrogens (tertiary/aromatic N) is 6. The molecule has 1 saturated heterocycles. The Hall–Kier alpha value is -5.98. The molecule has 1 amide bonds. The van der Waals surface area contributed by atoms with Crippen molar-refractivity contribution < 1.29 is 30.8 Å². The predicted molar refractivity (Wildman–Crippen MR) is 199 cm³/mol. The van der Waals surface area contributed by atoms with Gasteiger partial charge in [-0.25, -0.2) is 31.6 Å². The number of pyridine rings is 1. The van der Waals surface area contributed by atoms with Crippen LogP contribution < -0.4 is 9.62 Å². The Morgan fingerprint density at radius 1 is 1.02 bits per heavy atom. The number of aromatic nitrogens is 3. The quantitative estimate of drug-likeness (QED) is 0.182. The molecule has 54 heavy (non-hydrogen) atoms. The number of piperidine rings is 1. The minimum atomic E-state index is -3.82. The number of rotatable bonds is 7. The molecule has 0 spiro atoms. The van der Waals surface area contributed by atoms with Gasteiger partial charge in [0.15, 0.2) is 0 Å². The number of hydrogen-bond donors (Lipinski definition) is 1. The largest absolute Gasteiger partial charge is 0.455 e. The summed E-state index contributed by atoms with van der Waals surface area (Å²) in [7, 11) is -0.951. The first-order valence-electron chi connectivity index (χ1n) is 17.0. The monoisotopic (exact) mass is 751 g/mol. The van der Waals surface area contributed by atoms with Crippen molar-refractivity contribution in [1.29, 1.82) is 5.26 Å². The highest BCUT2D eigenvalue weighted by Gasteiger charge is 2.34. The molecule has 0 radical (unpaired) electrons. The number of nitriles is 1. The number of benzene rings is 3. The lowest BCUT2D eigenvalue weighted by Crippen LogP contribution is -2.39. The third-order valence-corrected chi connectivity index (χ3v) is 11.2. The van der Waals surface area contributed by atoms with E-state index >= 15 is 0 Å². The Morgan fingerprint density at radius 2 is 1.76 bits per heavy atom. The highest BCUT2D eigenvalue weighted by molar-refractivity contribution is 7.92. The minimum absolute atomic E-state index is 0.167. The molecule has 0 saturated carbocycles. The van der Waals surface area contributed by atoms with Crippen LogP contribution in [0.4, 0.5) is 18.9 Å². The first kappa shape index (κ1) is 35.1. The summed E-state index contributed by atoms with van der Waals surface area (Å²) in [5.41, 5.74) is 4.44. The van der Waals surface area contributed by atoms with E-state index in [4.69, 9.17) is 14.4 Å². The van der Waals surface area contributed by atoms with Gasteiger partial charge in [0.1, 0.15) is 28.5 Å². The van der Waals surface area contributed by atoms with Gasteiger partial charge in [0.2, 0.25) is 10.0 Å². The molecule has 1 aliphatic rings. The average molecular weight is 752 g/mol. The molecule has 8 rings (SSSR count). The normalized spacial score (nSPS) is 14.9. The van der Waals surface area contributed by atoms with E-state index in [2.05, 4.69) is 11.4 Å². The molecular weight excluding hydrogens is 720 g/mol. The lowest BCUT2D eigenvalue weighted by atomic mass is 10.0. The topological polar surface area (TPSA) is 137 Å². The number of fused-ring (bicyclic) bond motifs is 6. The lowest BCUT2D eigenvalue weighted by molar-refractivity contribution is -0.0570. The average Bonchev–Trinajstić information content (AvgIpc) is 3.74. The summed E-state index contributed by atoms with van der Waals surface area (Å²) >= 11 is 0. The van der Waals surface area contributed by atoms with Crippen molar-refractivity contribution in [2.75, 3.05) is 37.7 Å². The van der Waals surface area contributed by atoms with E-state index in [0.717, 1.165) is 10.6 Å². The summed E-state index contributed by atoms with van der Waals surface area (Å²) in [6.45, 7) is 0.675. The maximum atomic E-state index is 14.0. The highest BCUT2D eigenvalue weighted by atomic mass is 32.2. The fourth-order valence-electron chi connectivity index (χ4n) is 7.13. The van der Waals surface area contributed by atoms with E-state index in [1.54, 1.807) is 30.3 Å². The van der Waals surface area contributed by atoms with Gasteiger partial charge in [0, 0.05) is 68.0 Å². The van der Waals surface area contributed by atoms with Gasteiger partial charge < -0.3 is 9.73 Å². The molecular formula is C39H32F3N7O4S. The van der Waals surface area contributed by atoms with Crippen molar-refractivity contribution in [2.24, 2.45) is 0 Å². The van der Waals surface area contributed by atoms with E-state index in [9.17, 15) is 31.6 Å². The summed E-state index contributed by atoms with van der Waals surface area (Å²) < 4.78 is 77.1. The van der Waals surface area contributed by atoms with Gasteiger partial charge in [-0.2, -0.15) is 5.26 Å². The Kier molecular flexibility index (Phi) is 8.35. The number of hydrogen-bond acceptors (Lipinski definition) is 8. The first-order chi connectivity index (χ1) is 25.8. The van der Waals surface area contributed by atoms with Gasteiger partial charge in [0.05, 0.1) is 57.9 Å². The Morgan fingerprint density at radius 3 is 2.44 bits per heavy atom. The molecule has 0 atom stereocenters. The zero-order valence-corrected chi connectivity index (χ0v) is 30.1. The summed E-state index contributed by atoms with van der Waals surface area (Å²) in [5, 5.41) is 13.6. The van der Waals surface area contributed by atoms with Crippen LogP contribution >= 0.6 is 0 Å². The number of carbonyl (C=O) groups is 1. The summed E-state index contributed by atoms with van der Waals surface area (Å²) in [4.78, 5) is 25.4. The molecule has 7 aromatic rings. The van der Waals surface area contributed by atoms with Crippen LogP contribution in [0.3, 0.4) is 0 Å². The predicted octanol–water partition coefficient (Wildman–Crippen LogP) is 7.11. The number of amides is 1. The van der Waals surface area contributed by atoms with Crippen molar-refractivity contribution in [3.05, 3.63) is 95.6 Å². The fourth-order valence-corrected chi connectivity index (χ4v) is 7.63. The third kappa shape index (κ3) is 5.97. The number of alkyl halides is 2. The van der Waals surface area contributed by atoms with Crippen molar-refractivity contribution >= 4 is 60.0 Å². The van der Waals surface area contributed by atoms with Crippen LogP contribution in [0, 0.1) is 17.1 Å². The van der Waals surface area contributed by atoms with Gasteiger partial charge in [-0.3, -0.25) is 18.4 Å². The summed E-state index contributed by atoms with van der Waals surface area (Å²) in [5.74, 6) is -2.89. The Balaban J connectivity index is 1.38. The molecule has 5 heterocycles. The lowest BCUT2D eigenvalue weighted by Gasteiger charge is -2.31. The van der Waals surface area contributed by atoms with Gasteiger partial charge in [-0.1, -0.05) is 6.07 Å². The van der Waals surface area contributed by atoms with Gasteiger partial charge in [-0.05, 0) is 60.7 Å². The number of likely N-dealkylation sites (tertiary alicyclic amines) is 1. The molecule has 15 heteroatoms. The molecule has 274 valence electrons. The number of nitrogens with one attached hydrogen (secondary N) is 1. The van der Waals surface area contributed by atoms with E-state index in [-0.39, 0.29) is 55.1 Å². The zero-order valence-electron chi connectivity index (χ0n) is 29.3. The second kappa shape index (κ2) is 12.9. The first-order valence-corrected chi connectivity index (χ1v) is 18.9. The summed E-state index contributed by atoms with van der Waals surface area (Å²) in [6.07, 6.45) is 0.560. The zero-order chi connectivity index (χ0) is 38.1. The van der Waals surface area contributed by atoms with Crippen LogP contribution in [-0.4, -0.2) is 73.0 Å². The molecule has 1 aliphatic heterocycles. The number of halogens is 3. The summed E-state index contributed by atoms with van der Waals surface area (Å²) in [6, 6.07) is 21.5. The molecule has 11 nitrogen and oxygen atoms in total. The SMILES string of the molecule is CNC(=O)c1c(-c2ccc(F)cc2)oc2cc(N(C)S(C)(=O)=O)c(-c3ccc4nc(CN5CCC(F)(F)CC5)n5c6cccc(C#N)c6cc5c4n3)cc12. The number of anilines is 1. The molecule has 4 aromatic heterocycles. The maximum absolute atomic E-state index is 14.0.